The fourth-order valence-electron chi connectivity index (χ4n) is 6.86. The highest BCUT2D eigenvalue weighted by molar-refractivity contribution is 5.89. The van der Waals surface area contributed by atoms with E-state index in [0.717, 1.165) is 0 Å². The van der Waals surface area contributed by atoms with Gasteiger partial charge in [0.15, 0.2) is 0 Å². The van der Waals surface area contributed by atoms with Gasteiger partial charge in [-0.15, -0.1) is 0 Å². The van der Waals surface area contributed by atoms with E-state index in [1.165, 1.54) is 4.90 Å². The highest BCUT2D eigenvalue weighted by Gasteiger charge is 2.29. The molecule has 2 aliphatic rings. The van der Waals surface area contributed by atoms with E-state index in [4.69, 9.17) is 20.3 Å². The van der Waals surface area contributed by atoms with Crippen molar-refractivity contribution in [3.05, 3.63) is 11.8 Å². The Morgan fingerprint density at radius 1 is 0.583 bits per heavy atom. The molecule has 0 saturated heterocycles. The minimum atomic E-state index is -1.50. The number of hydrogen-bond acceptors (Lipinski definition) is 19. The van der Waals surface area contributed by atoms with Gasteiger partial charge in [-0.3, -0.25) is 34.1 Å². The van der Waals surface area contributed by atoms with Gasteiger partial charge < -0.3 is 76.3 Å². The Morgan fingerprint density at radius 2 is 0.933 bits per heavy atom. The number of allylic oxidation sites excluding steroid dienone is 1. The molecule has 2 heterocycles. The minimum absolute atomic E-state index is 0.0125. The molecule has 0 spiro atoms. The van der Waals surface area contributed by atoms with E-state index in [-0.39, 0.29) is 117 Å². The van der Waals surface area contributed by atoms with Gasteiger partial charge in [-0.1, -0.05) is 6.08 Å². The van der Waals surface area contributed by atoms with E-state index in [9.17, 15) is 59.4 Å². The predicted octanol–water partition coefficient (Wildman–Crippen LogP) is -7.70. The predicted molar refractivity (Wildman–Crippen MR) is 206 cm³/mol. The lowest BCUT2D eigenvalue weighted by Gasteiger charge is -2.40. The second-order valence-electron chi connectivity index (χ2n) is 15.0. The summed E-state index contributed by atoms with van der Waals surface area (Å²) in [6.45, 7) is -2.54. The van der Waals surface area contributed by atoms with Crippen LogP contribution in [0, 0.1) is 0 Å². The van der Waals surface area contributed by atoms with Gasteiger partial charge in [0.25, 0.3) is 0 Å². The summed E-state index contributed by atoms with van der Waals surface area (Å²) in [7, 11) is 0. The zero-order valence-electron chi connectivity index (χ0n) is 34.0. The van der Waals surface area contributed by atoms with E-state index in [1.54, 1.807) is 9.80 Å². The molecule has 0 aromatic heterocycles. The monoisotopic (exact) mass is 856 g/mol. The van der Waals surface area contributed by atoms with Crippen LogP contribution in [-0.4, -0.2) is 202 Å². The van der Waals surface area contributed by atoms with Gasteiger partial charge in [0.1, 0.15) is 0 Å². The normalized spacial score (nSPS) is 18.8. The maximum Gasteiger partial charge on any atom is 0.220 e. The summed E-state index contributed by atoms with van der Waals surface area (Å²) >= 11 is 0. The zero-order chi connectivity index (χ0) is 44.6. The molecule has 2 rings (SSSR count). The number of rotatable bonds is 27. The van der Waals surface area contributed by atoms with Crippen LogP contribution >= 0.6 is 0 Å². The molecule has 6 atom stereocenters. The van der Waals surface area contributed by atoms with Gasteiger partial charge in [0, 0.05) is 102 Å². The standard InChI is InChI=1S/C38H65N7O15/c46-22-27(49)17-39-33(52)10-2-7-30(36(55)56)43-13-15-44(31(37(57)58)8-3-11-34(53)40-18-28(50)23-47)20-25-5-1-6-26(42-25)21-45(16-14-43)32(38(59)60)9-4-12-35(54)41-19-29(51)24-48/h5,27-32,46-51H,1-4,6-24H2,(H,39,52)(H,40,53)(H,41,54)(H,55,56)(H,57,58)(H,59,60)/p-3. The number of carbonyl (C=O) groups is 6. The van der Waals surface area contributed by atoms with Gasteiger partial charge in [-0.05, 0) is 51.4 Å². The molecule has 0 aromatic carbocycles. The molecule has 0 aliphatic carbocycles. The Bertz CT molecular complexity index is 1450. The average molecular weight is 857 g/mol. The van der Waals surface area contributed by atoms with Crippen LogP contribution in [0.4, 0.5) is 0 Å². The quantitative estimate of drug-likeness (QED) is 0.0370. The molecule has 2 bridgehead atoms. The fraction of sp³-hybridized carbons (Fsp3) is 0.763. The van der Waals surface area contributed by atoms with Crippen LogP contribution in [0.1, 0.15) is 70.6 Å². The Hall–Kier alpha value is -4.13. The first-order valence-corrected chi connectivity index (χ1v) is 20.3. The van der Waals surface area contributed by atoms with E-state index < -0.39 is 91.9 Å². The van der Waals surface area contributed by atoms with Gasteiger partial charge in [-0.25, -0.2) is 0 Å². The van der Waals surface area contributed by atoms with Crippen molar-refractivity contribution in [1.82, 2.24) is 30.7 Å². The van der Waals surface area contributed by atoms with Crippen LogP contribution in [-0.2, 0) is 28.8 Å². The third-order valence-electron chi connectivity index (χ3n) is 10.2. The first-order chi connectivity index (χ1) is 28.6. The van der Waals surface area contributed by atoms with Crippen LogP contribution in [0.15, 0.2) is 16.8 Å². The van der Waals surface area contributed by atoms with E-state index >= 15 is 0 Å². The largest absolute Gasteiger partial charge is 0.548 e. The Labute approximate surface area is 348 Å². The summed E-state index contributed by atoms with van der Waals surface area (Å²) in [6, 6.07) is -3.83. The highest BCUT2D eigenvalue weighted by atomic mass is 16.4. The van der Waals surface area contributed by atoms with Crippen molar-refractivity contribution in [3.8, 4) is 0 Å². The number of aliphatic hydroxyl groups excluding tert-OH is 6. The summed E-state index contributed by atoms with van der Waals surface area (Å²) in [6.07, 6.45) is -1.03. The number of hydrogen-bond donors (Lipinski definition) is 9. The molecule has 342 valence electrons. The molecule has 0 aromatic rings. The number of nitrogens with one attached hydrogen (secondary N) is 3. The maximum absolute atomic E-state index is 12.7. The molecule has 3 amide bonds. The average Bonchev–Trinajstić information content (AvgIpc) is 3.21. The summed E-state index contributed by atoms with van der Waals surface area (Å²) < 4.78 is 0. The topological polar surface area (TPSA) is 351 Å². The van der Waals surface area contributed by atoms with Crippen molar-refractivity contribution in [2.45, 2.75) is 107 Å². The molecular formula is C38H62N7O15-3. The molecular weight excluding hydrogens is 794 g/mol. The smallest absolute Gasteiger partial charge is 0.220 e. The zero-order valence-corrected chi connectivity index (χ0v) is 34.0. The number of aliphatic hydroxyl groups is 6. The van der Waals surface area contributed by atoms with E-state index in [1.807, 2.05) is 6.08 Å². The molecule has 60 heavy (non-hydrogen) atoms. The lowest BCUT2D eigenvalue weighted by molar-refractivity contribution is -0.314. The van der Waals surface area contributed by atoms with Crippen molar-refractivity contribution in [1.29, 1.82) is 0 Å². The van der Waals surface area contributed by atoms with Crippen molar-refractivity contribution >= 4 is 41.3 Å². The molecule has 2 aliphatic heterocycles. The van der Waals surface area contributed by atoms with Crippen LogP contribution in [0.2, 0.25) is 0 Å². The van der Waals surface area contributed by atoms with Crippen LogP contribution < -0.4 is 31.3 Å². The maximum atomic E-state index is 12.7. The summed E-state index contributed by atoms with van der Waals surface area (Å²) in [5.41, 5.74) is 1.05. The molecule has 0 radical (unpaired) electrons. The molecule has 0 fully saturated rings. The first kappa shape index (κ1) is 52.0. The van der Waals surface area contributed by atoms with E-state index in [2.05, 4.69) is 16.0 Å². The fourth-order valence-corrected chi connectivity index (χ4v) is 6.86. The number of aliphatic carboxylic acids is 3. The number of carboxylic acid groups (broad SMARTS) is 3. The second-order valence-corrected chi connectivity index (χ2v) is 15.0. The lowest BCUT2D eigenvalue weighted by atomic mass is 10.0. The van der Waals surface area contributed by atoms with Crippen molar-refractivity contribution in [2.75, 3.05) is 78.7 Å². The Morgan fingerprint density at radius 3 is 1.30 bits per heavy atom. The van der Waals surface area contributed by atoms with Crippen LogP contribution in [0.5, 0.6) is 0 Å². The summed E-state index contributed by atoms with van der Waals surface area (Å²) in [5.74, 6) is -5.83. The second kappa shape index (κ2) is 28.4. The van der Waals surface area contributed by atoms with Gasteiger partial charge in [0.05, 0.1) is 61.7 Å². The SMILES string of the molecule is O=C(CCCC(C(=O)[O-])N1CCN(C(CCCC(=O)NCC(O)CO)C(=O)[O-])CC2=CCCC(=N2)CN(C(CCCC(=O)NCC(O)CO)C(=O)[O-])CC1)NCC(O)CO. The van der Waals surface area contributed by atoms with Crippen molar-refractivity contribution < 1.29 is 74.7 Å². The Balaban J connectivity index is 2.41. The van der Waals surface area contributed by atoms with E-state index in [0.29, 0.717) is 24.3 Å². The van der Waals surface area contributed by atoms with Crippen molar-refractivity contribution in [2.24, 2.45) is 4.99 Å². The summed E-state index contributed by atoms with van der Waals surface area (Å²) in [4.78, 5) is 84.5. The molecule has 0 saturated carbocycles. The molecule has 22 nitrogen and oxygen atoms in total. The number of aliphatic imine (C=N–C) groups is 1. The number of carbonyl (C=O) groups excluding carboxylic acids is 6. The number of amides is 3. The van der Waals surface area contributed by atoms with Crippen molar-refractivity contribution in [3.63, 3.8) is 0 Å². The van der Waals surface area contributed by atoms with Gasteiger partial charge in [-0.2, -0.15) is 0 Å². The number of nitrogens with zero attached hydrogens (tertiary/aromatic N) is 4. The third-order valence-corrected chi connectivity index (χ3v) is 10.2. The highest BCUT2D eigenvalue weighted by Crippen LogP contribution is 2.21. The number of fused-ring (bicyclic) bond motifs is 1. The third kappa shape index (κ3) is 20.0. The first-order valence-electron chi connectivity index (χ1n) is 20.3. The molecule has 6 unspecified atom stereocenters. The molecule has 9 N–H and O–H groups in total. The van der Waals surface area contributed by atoms with Gasteiger partial charge >= 0.3 is 0 Å². The minimum Gasteiger partial charge on any atom is -0.548 e. The molecule has 22 heteroatoms. The Kier molecular flexibility index (Phi) is 24.6. The number of carboxylic acids is 3. The van der Waals surface area contributed by atoms with Crippen LogP contribution in [0.3, 0.4) is 0 Å². The van der Waals surface area contributed by atoms with Gasteiger partial charge in [0.2, 0.25) is 17.7 Å². The van der Waals surface area contributed by atoms with Crippen LogP contribution in [0.25, 0.3) is 0 Å². The lowest BCUT2D eigenvalue weighted by Crippen LogP contribution is -2.57. The summed E-state index contributed by atoms with van der Waals surface area (Å²) in [5, 5.41) is 101.